The number of amides is 1. The number of benzene rings is 1. The summed E-state index contributed by atoms with van der Waals surface area (Å²) in [7, 11) is 0. The Kier molecular flexibility index (Phi) is 3.18. The molecule has 1 aromatic carbocycles. The zero-order valence-electron chi connectivity index (χ0n) is 8.40. The van der Waals surface area contributed by atoms with Gasteiger partial charge in [-0.25, -0.2) is 0 Å². The molecule has 0 saturated carbocycles. The maximum Gasteiger partial charge on any atom is 0.255 e. The lowest BCUT2D eigenvalue weighted by Gasteiger charge is -2.27. The molecule has 1 aliphatic heterocycles. The minimum absolute atomic E-state index is 0.0575. The molecule has 0 bridgehead atoms. The summed E-state index contributed by atoms with van der Waals surface area (Å²) in [5.41, 5.74) is 0.648. The van der Waals surface area contributed by atoms with E-state index >= 15 is 0 Å². The molecule has 1 N–H and O–H groups in total. The molecule has 0 atom stereocenters. The van der Waals surface area contributed by atoms with Crippen LogP contribution < -0.4 is 5.32 Å². The van der Waals surface area contributed by atoms with E-state index in [1.54, 1.807) is 12.1 Å². The molecule has 1 radical (unpaired) electrons. The molecule has 4 heteroatoms. The molecule has 1 aromatic rings. The van der Waals surface area contributed by atoms with Crippen molar-refractivity contribution >= 4 is 18.5 Å². The zero-order chi connectivity index (χ0) is 10.7. The van der Waals surface area contributed by atoms with Crippen LogP contribution in [0.4, 0.5) is 0 Å². The molecule has 0 aliphatic carbocycles. The van der Waals surface area contributed by atoms with Crippen molar-refractivity contribution in [1.82, 2.24) is 10.2 Å². The van der Waals surface area contributed by atoms with Crippen molar-refractivity contribution in [1.29, 1.82) is 0 Å². The number of carbonyl (C=O) groups excluding carboxylic acids is 1. The Morgan fingerprint density at radius 1 is 1.27 bits per heavy atom. The third-order valence-corrected chi connectivity index (χ3v) is 2.88. The number of hydrogen-bond acceptors (Lipinski definition) is 2. The molecule has 0 aromatic heterocycles. The van der Waals surface area contributed by atoms with Crippen molar-refractivity contribution in [3.05, 3.63) is 29.8 Å². The first-order chi connectivity index (χ1) is 7.29. The standard InChI is InChI=1S/C11H13N2OS/c14-11(13-7-5-12-6-8-13)9-3-1-2-4-10(9)15/h1-4,12H,5-8H2. The molecule has 1 saturated heterocycles. The third kappa shape index (κ3) is 2.27. The van der Waals surface area contributed by atoms with Crippen molar-refractivity contribution in [2.75, 3.05) is 26.2 Å². The number of nitrogens with one attached hydrogen (secondary N) is 1. The molecular weight excluding hydrogens is 208 g/mol. The van der Waals surface area contributed by atoms with Crippen LogP contribution in [-0.2, 0) is 0 Å². The van der Waals surface area contributed by atoms with Crippen LogP contribution in [0.2, 0.25) is 0 Å². The smallest absolute Gasteiger partial charge is 0.255 e. The Bertz CT molecular complexity index is 361. The lowest BCUT2D eigenvalue weighted by atomic mass is 10.2. The van der Waals surface area contributed by atoms with Gasteiger partial charge in [-0.2, -0.15) is 0 Å². The van der Waals surface area contributed by atoms with Gasteiger partial charge in [0.25, 0.3) is 5.91 Å². The molecule has 3 nitrogen and oxygen atoms in total. The third-order valence-electron chi connectivity index (χ3n) is 2.52. The van der Waals surface area contributed by atoms with E-state index in [0.717, 1.165) is 26.2 Å². The summed E-state index contributed by atoms with van der Waals surface area (Å²) < 4.78 is 0. The highest BCUT2D eigenvalue weighted by Gasteiger charge is 2.19. The average Bonchev–Trinajstić information content (AvgIpc) is 2.30. The van der Waals surface area contributed by atoms with Crippen LogP contribution in [0.3, 0.4) is 0 Å². The summed E-state index contributed by atoms with van der Waals surface area (Å²) in [6.45, 7) is 3.27. The van der Waals surface area contributed by atoms with Crippen LogP contribution in [0.15, 0.2) is 29.2 Å². The predicted octanol–water partition coefficient (Wildman–Crippen LogP) is 1.29. The van der Waals surface area contributed by atoms with E-state index in [4.69, 9.17) is 12.6 Å². The van der Waals surface area contributed by atoms with Gasteiger partial charge in [-0.3, -0.25) is 4.79 Å². The number of nitrogens with zero attached hydrogens (tertiary/aromatic N) is 1. The summed E-state index contributed by atoms with van der Waals surface area (Å²) in [4.78, 5) is 14.5. The molecule has 0 spiro atoms. The van der Waals surface area contributed by atoms with Gasteiger partial charge in [0, 0.05) is 26.2 Å². The Hall–Kier alpha value is -1.13. The lowest BCUT2D eigenvalue weighted by molar-refractivity contribution is 0.0732. The summed E-state index contributed by atoms with van der Waals surface area (Å²) in [5.74, 6) is 0.0575. The van der Waals surface area contributed by atoms with Gasteiger partial charge < -0.3 is 10.2 Å². The highest BCUT2D eigenvalue weighted by Crippen LogP contribution is 2.15. The van der Waals surface area contributed by atoms with Crippen LogP contribution in [0.1, 0.15) is 10.4 Å². The summed E-state index contributed by atoms with van der Waals surface area (Å²) in [6, 6.07) is 7.31. The SMILES string of the molecule is O=C(c1ccccc1[S])N1CCNCC1. The van der Waals surface area contributed by atoms with Crippen molar-refractivity contribution in [2.45, 2.75) is 4.90 Å². The number of rotatable bonds is 1. The number of carbonyl (C=O) groups is 1. The van der Waals surface area contributed by atoms with Gasteiger partial charge in [0.2, 0.25) is 0 Å². The molecule has 1 aliphatic rings. The van der Waals surface area contributed by atoms with Gasteiger partial charge in [0.05, 0.1) is 10.5 Å². The first-order valence-corrected chi connectivity index (χ1v) is 5.46. The molecule has 15 heavy (non-hydrogen) atoms. The van der Waals surface area contributed by atoms with E-state index in [9.17, 15) is 4.79 Å². The summed E-state index contributed by atoms with van der Waals surface area (Å²) in [5, 5.41) is 3.22. The molecule has 0 unspecified atom stereocenters. The van der Waals surface area contributed by atoms with E-state index in [-0.39, 0.29) is 5.91 Å². The molecule has 79 valence electrons. The van der Waals surface area contributed by atoms with E-state index in [1.165, 1.54) is 0 Å². The van der Waals surface area contributed by atoms with Gasteiger partial charge in [-0.15, -0.1) is 0 Å². The molecule has 1 fully saturated rings. The highest BCUT2D eigenvalue weighted by molar-refractivity contribution is 7.80. The second-order valence-corrected chi connectivity index (χ2v) is 3.98. The van der Waals surface area contributed by atoms with Gasteiger partial charge in [0.1, 0.15) is 0 Å². The normalized spacial score (nSPS) is 16.4. The zero-order valence-corrected chi connectivity index (χ0v) is 9.22. The van der Waals surface area contributed by atoms with Gasteiger partial charge >= 0.3 is 0 Å². The number of hydrogen-bond donors (Lipinski definition) is 1. The highest BCUT2D eigenvalue weighted by atomic mass is 32.1. The Balaban J connectivity index is 2.16. The maximum atomic E-state index is 12.1. The van der Waals surface area contributed by atoms with E-state index in [0.29, 0.717) is 10.5 Å². The van der Waals surface area contributed by atoms with Gasteiger partial charge in [-0.1, -0.05) is 24.8 Å². The van der Waals surface area contributed by atoms with E-state index in [1.807, 2.05) is 17.0 Å². The molecule has 2 rings (SSSR count). The minimum Gasteiger partial charge on any atom is -0.336 e. The molecule has 1 heterocycles. The Morgan fingerprint density at radius 2 is 1.93 bits per heavy atom. The fraction of sp³-hybridized carbons (Fsp3) is 0.364. The van der Waals surface area contributed by atoms with Crippen LogP contribution in [0.25, 0.3) is 0 Å². The van der Waals surface area contributed by atoms with Crippen LogP contribution >= 0.6 is 12.6 Å². The maximum absolute atomic E-state index is 12.1. The fourth-order valence-electron chi connectivity index (χ4n) is 1.68. The van der Waals surface area contributed by atoms with Crippen molar-refractivity contribution in [3.8, 4) is 0 Å². The molecule has 1 amide bonds. The Labute approximate surface area is 94.9 Å². The fourth-order valence-corrected chi connectivity index (χ4v) is 1.92. The van der Waals surface area contributed by atoms with Crippen molar-refractivity contribution in [2.24, 2.45) is 0 Å². The second kappa shape index (κ2) is 4.59. The first kappa shape index (κ1) is 10.4. The number of piperazine rings is 1. The first-order valence-electron chi connectivity index (χ1n) is 5.05. The van der Waals surface area contributed by atoms with Gasteiger partial charge in [-0.05, 0) is 12.1 Å². The monoisotopic (exact) mass is 221 g/mol. The second-order valence-electron chi connectivity index (χ2n) is 3.54. The van der Waals surface area contributed by atoms with E-state index < -0.39 is 0 Å². The topological polar surface area (TPSA) is 32.3 Å². The van der Waals surface area contributed by atoms with Crippen molar-refractivity contribution in [3.63, 3.8) is 0 Å². The van der Waals surface area contributed by atoms with Gasteiger partial charge in [0.15, 0.2) is 0 Å². The summed E-state index contributed by atoms with van der Waals surface area (Å²) >= 11 is 5.13. The average molecular weight is 221 g/mol. The lowest BCUT2D eigenvalue weighted by Crippen LogP contribution is -2.46. The van der Waals surface area contributed by atoms with Crippen LogP contribution in [0, 0.1) is 0 Å². The minimum atomic E-state index is 0.0575. The van der Waals surface area contributed by atoms with E-state index in [2.05, 4.69) is 5.32 Å². The van der Waals surface area contributed by atoms with Crippen LogP contribution in [0.5, 0.6) is 0 Å². The molecular formula is C11H13N2OS. The quantitative estimate of drug-likeness (QED) is 0.775. The largest absolute Gasteiger partial charge is 0.336 e. The van der Waals surface area contributed by atoms with Crippen molar-refractivity contribution < 1.29 is 4.79 Å². The summed E-state index contributed by atoms with van der Waals surface area (Å²) in [6.07, 6.45) is 0. The predicted molar refractivity (Wildman–Crippen MR) is 61.1 cm³/mol. The Morgan fingerprint density at radius 3 is 2.60 bits per heavy atom. The van der Waals surface area contributed by atoms with Crippen LogP contribution in [-0.4, -0.2) is 37.0 Å².